The first-order valence-corrected chi connectivity index (χ1v) is 6.81. The van der Waals surface area contributed by atoms with Gasteiger partial charge in [0, 0.05) is 30.4 Å². The second kappa shape index (κ2) is 5.12. The summed E-state index contributed by atoms with van der Waals surface area (Å²) in [6.45, 7) is 4.19. The van der Waals surface area contributed by atoms with Crippen molar-refractivity contribution in [2.24, 2.45) is 0 Å². The molecule has 1 aliphatic rings. The number of piperidine rings is 1. The van der Waals surface area contributed by atoms with E-state index in [4.69, 9.17) is 0 Å². The second-order valence-electron chi connectivity index (χ2n) is 5.20. The van der Waals surface area contributed by atoms with Crippen molar-refractivity contribution in [1.82, 2.24) is 30.2 Å². The highest BCUT2D eigenvalue weighted by Crippen LogP contribution is 2.07. The summed E-state index contributed by atoms with van der Waals surface area (Å²) in [6, 6.07) is 1.79. The lowest BCUT2D eigenvalue weighted by molar-refractivity contribution is -0.122. The number of fused-ring (bicyclic) bond motifs is 1. The van der Waals surface area contributed by atoms with Crippen LogP contribution in [0.25, 0.3) is 5.78 Å². The number of carbonyl (C=O) groups excluding carboxylic acids is 2. The molecule has 0 saturated carbocycles. The molecule has 1 fully saturated rings. The van der Waals surface area contributed by atoms with Crippen LogP contribution in [0.4, 0.5) is 0 Å². The van der Waals surface area contributed by atoms with Gasteiger partial charge < -0.3 is 10.6 Å². The summed E-state index contributed by atoms with van der Waals surface area (Å²) in [5.41, 5.74) is 1.70. The smallest absolute Gasteiger partial charge is 0.291 e. The molecule has 0 radical (unpaired) electrons. The molecule has 1 atom stereocenters. The van der Waals surface area contributed by atoms with Crippen LogP contribution in [-0.2, 0) is 4.79 Å². The molecule has 0 bridgehead atoms. The third kappa shape index (κ3) is 2.69. The maximum atomic E-state index is 12.2. The van der Waals surface area contributed by atoms with Crippen molar-refractivity contribution in [3.63, 3.8) is 0 Å². The van der Waals surface area contributed by atoms with Crippen LogP contribution in [0.5, 0.6) is 0 Å². The largest absolute Gasteiger partial charge is 0.354 e. The normalized spacial score (nSPS) is 18.6. The minimum Gasteiger partial charge on any atom is -0.354 e. The van der Waals surface area contributed by atoms with Gasteiger partial charge >= 0.3 is 0 Å². The van der Waals surface area contributed by atoms with Gasteiger partial charge in [0.05, 0.1) is 0 Å². The lowest BCUT2D eigenvalue weighted by Gasteiger charge is -2.22. The summed E-state index contributed by atoms with van der Waals surface area (Å²) < 4.78 is 1.55. The van der Waals surface area contributed by atoms with Crippen LogP contribution in [-0.4, -0.2) is 44.0 Å². The summed E-state index contributed by atoms with van der Waals surface area (Å²) in [5, 5.41) is 9.73. The standard InChI is InChI=1S/C13H16N6O2/c1-7-5-8(2)19-13(15-7)17-11(18-19)12(21)16-9-3-4-10(20)14-6-9/h5,9H,3-4,6H2,1-2H3,(H,14,20)(H,16,21). The average Bonchev–Trinajstić information content (AvgIpc) is 2.85. The van der Waals surface area contributed by atoms with Crippen LogP contribution < -0.4 is 10.6 Å². The van der Waals surface area contributed by atoms with Crippen LogP contribution in [0.3, 0.4) is 0 Å². The van der Waals surface area contributed by atoms with E-state index in [1.165, 1.54) is 0 Å². The molecule has 0 aliphatic carbocycles. The van der Waals surface area contributed by atoms with Crippen molar-refractivity contribution in [2.45, 2.75) is 32.7 Å². The van der Waals surface area contributed by atoms with Gasteiger partial charge in [-0.15, -0.1) is 5.10 Å². The van der Waals surface area contributed by atoms with E-state index in [9.17, 15) is 9.59 Å². The monoisotopic (exact) mass is 288 g/mol. The van der Waals surface area contributed by atoms with E-state index in [0.717, 1.165) is 11.4 Å². The van der Waals surface area contributed by atoms with Crippen molar-refractivity contribution in [3.8, 4) is 0 Å². The number of aryl methyl sites for hydroxylation is 2. The molecule has 3 heterocycles. The van der Waals surface area contributed by atoms with E-state index in [-0.39, 0.29) is 23.7 Å². The molecule has 21 heavy (non-hydrogen) atoms. The molecule has 1 aliphatic heterocycles. The Morgan fingerprint density at radius 3 is 2.95 bits per heavy atom. The minimum atomic E-state index is -0.348. The van der Waals surface area contributed by atoms with Crippen LogP contribution >= 0.6 is 0 Å². The van der Waals surface area contributed by atoms with Crippen LogP contribution in [0, 0.1) is 13.8 Å². The predicted molar refractivity (Wildman–Crippen MR) is 73.8 cm³/mol. The highest BCUT2D eigenvalue weighted by Gasteiger charge is 2.22. The van der Waals surface area contributed by atoms with Gasteiger partial charge in [0.15, 0.2) is 0 Å². The Morgan fingerprint density at radius 1 is 1.43 bits per heavy atom. The number of hydrogen-bond acceptors (Lipinski definition) is 5. The first kappa shape index (κ1) is 13.5. The van der Waals surface area contributed by atoms with Gasteiger partial charge in [-0.1, -0.05) is 0 Å². The molecule has 2 N–H and O–H groups in total. The summed E-state index contributed by atoms with van der Waals surface area (Å²) >= 11 is 0. The van der Waals surface area contributed by atoms with Gasteiger partial charge in [0.1, 0.15) is 0 Å². The zero-order valence-corrected chi connectivity index (χ0v) is 11.9. The fourth-order valence-corrected chi connectivity index (χ4v) is 2.37. The molecule has 1 unspecified atom stereocenters. The quantitative estimate of drug-likeness (QED) is 0.793. The van der Waals surface area contributed by atoms with Crippen molar-refractivity contribution < 1.29 is 9.59 Å². The van der Waals surface area contributed by atoms with Gasteiger partial charge in [-0.05, 0) is 26.3 Å². The van der Waals surface area contributed by atoms with E-state index in [2.05, 4.69) is 25.7 Å². The second-order valence-corrected chi connectivity index (χ2v) is 5.20. The number of aromatic nitrogens is 4. The predicted octanol–water partition coefficient (Wildman–Crippen LogP) is -0.250. The summed E-state index contributed by atoms with van der Waals surface area (Å²) in [6.07, 6.45) is 1.05. The Labute approximate surface area is 121 Å². The molecule has 2 amide bonds. The first-order valence-electron chi connectivity index (χ1n) is 6.81. The molecule has 0 aromatic carbocycles. The van der Waals surface area contributed by atoms with E-state index in [1.807, 2.05) is 19.9 Å². The SMILES string of the molecule is Cc1cc(C)n2nc(C(=O)NC3CCC(=O)NC3)nc2n1. The van der Waals surface area contributed by atoms with Crippen molar-refractivity contribution in [3.05, 3.63) is 23.3 Å². The van der Waals surface area contributed by atoms with Gasteiger partial charge in [0.25, 0.3) is 11.7 Å². The summed E-state index contributed by atoms with van der Waals surface area (Å²) in [7, 11) is 0. The van der Waals surface area contributed by atoms with Crippen LogP contribution in [0.1, 0.15) is 34.8 Å². The number of hydrogen-bond donors (Lipinski definition) is 2. The summed E-state index contributed by atoms with van der Waals surface area (Å²) in [5.74, 6) is 0.169. The highest BCUT2D eigenvalue weighted by molar-refractivity contribution is 5.91. The third-order valence-corrected chi connectivity index (χ3v) is 3.42. The van der Waals surface area contributed by atoms with E-state index in [0.29, 0.717) is 25.2 Å². The Kier molecular flexibility index (Phi) is 3.28. The molecule has 0 spiro atoms. The molecule has 110 valence electrons. The lowest BCUT2D eigenvalue weighted by Crippen LogP contribution is -2.47. The van der Waals surface area contributed by atoms with E-state index < -0.39 is 0 Å². The average molecular weight is 288 g/mol. The lowest BCUT2D eigenvalue weighted by atomic mass is 10.1. The highest BCUT2D eigenvalue weighted by atomic mass is 16.2. The third-order valence-electron chi connectivity index (χ3n) is 3.42. The van der Waals surface area contributed by atoms with Gasteiger partial charge in [0.2, 0.25) is 11.7 Å². The first-order chi connectivity index (χ1) is 10.0. The Bertz CT molecular complexity index is 713. The zero-order valence-electron chi connectivity index (χ0n) is 11.9. The molecule has 8 heteroatoms. The molecule has 2 aromatic rings. The van der Waals surface area contributed by atoms with Gasteiger partial charge in [-0.2, -0.15) is 4.98 Å². The summed E-state index contributed by atoms with van der Waals surface area (Å²) in [4.78, 5) is 31.7. The number of nitrogens with zero attached hydrogens (tertiary/aromatic N) is 4. The number of carbonyl (C=O) groups is 2. The Hall–Kier alpha value is -2.51. The maximum Gasteiger partial charge on any atom is 0.291 e. The van der Waals surface area contributed by atoms with E-state index >= 15 is 0 Å². The molecular formula is C13H16N6O2. The maximum absolute atomic E-state index is 12.2. The Morgan fingerprint density at radius 2 is 2.24 bits per heavy atom. The number of nitrogens with one attached hydrogen (secondary N) is 2. The van der Waals surface area contributed by atoms with Crippen molar-refractivity contribution in [1.29, 1.82) is 0 Å². The van der Waals surface area contributed by atoms with Crippen molar-refractivity contribution in [2.75, 3.05) is 6.54 Å². The molecule has 8 nitrogen and oxygen atoms in total. The molecule has 3 rings (SSSR count). The Balaban J connectivity index is 1.78. The fourth-order valence-electron chi connectivity index (χ4n) is 2.37. The van der Waals surface area contributed by atoms with Gasteiger partial charge in [-0.3, -0.25) is 9.59 Å². The fraction of sp³-hybridized carbons (Fsp3) is 0.462. The van der Waals surface area contributed by atoms with Crippen molar-refractivity contribution >= 4 is 17.6 Å². The molecular weight excluding hydrogens is 272 g/mol. The van der Waals surface area contributed by atoms with Crippen LogP contribution in [0.2, 0.25) is 0 Å². The topological polar surface area (TPSA) is 101 Å². The molecule has 2 aromatic heterocycles. The minimum absolute atomic E-state index is 0.0154. The zero-order chi connectivity index (χ0) is 15.0. The number of rotatable bonds is 2. The van der Waals surface area contributed by atoms with Crippen LogP contribution in [0.15, 0.2) is 6.07 Å². The van der Waals surface area contributed by atoms with E-state index in [1.54, 1.807) is 4.52 Å². The number of amides is 2. The van der Waals surface area contributed by atoms with Gasteiger partial charge in [-0.25, -0.2) is 9.50 Å². The molecule has 1 saturated heterocycles.